The maximum atomic E-state index is 11.9. The third-order valence-electron chi connectivity index (χ3n) is 3.34. The van der Waals surface area contributed by atoms with Gasteiger partial charge in [-0.05, 0) is 55.9 Å². The van der Waals surface area contributed by atoms with Crippen molar-refractivity contribution in [3.8, 4) is 0 Å². The van der Waals surface area contributed by atoms with E-state index in [1.807, 2.05) is 0 Å². The van der Waals surface area contributed by atoms with Crippen molar-refractivity contribution >= 4 is 17.6 Å². The average molecular weight is 261 g/mol. The molecule has 0 aliphatic heterocycles. The van der Waals surface area contributed by atoms with Gasteiger partial charge in [-0.15, -0.1) is 0 Å². The summed E-state index contributed by atoms with van der Waals surface area (Å²) in [7, 11) is 0. The number of amides is 1. The largest absolute Gasteiger partial charge is 0.462 e. The van der Waals surface area contributed by atoms with E-state index >= 15 is 0 Å². The number of hydrogen-bond acceptors (Lipinski definition) is 3. The molecule has 2 rings (SSSR count). The van der Waals surface area contributed by atoms with Crippen molar-refractivity contribution in [3.63, 3.8) is 0 Å². The van der Waals surface area contributed by atoms with Gasteiger partial charge in [0.15, 0.2) is 0 Å². The fraction of sp³-hybridized carbons (Fsp3) is 0.467. The molecule has 1 aromatic carbocycles. The number of nitrogens with one attached hydrogen (secondary N) is 1. The van der Waals surface area contributed by atoms with Gasteiger partial charge in [-0.3, -0.25) is 4.79 Å². The monoisotopic (exact) mass is 261 g/mol. The molecule has 0 bridgehead atoms. The Hall–Kier alpha value is -1.84. The van der Waals surface area contributed by atoms with Gasteiger partial charge in [0, 0.05) is 12.6 Å². The van der Waals surface area contributed by atoms with E-state index in [1.165, 1.54) is 6.92 Å². The van der Waals surface area contributed by atoms with Gasteiger partial charge in [0.25, 0.3) is 0 Å². The Labute approximate surface area is 113 Å². The summed E-state index contributed by atoms with van der Waals surface area (Å²) in [6.07, 6.45) is 3.93. The number of carbonyl (C=O) groups is 2. The van der Waals surface area contributed by atoms with Gasteiger partial charge >= 0.3 is 5.97 Å². The Morgan fingerprint density at radius 1 is 1.21 bits per heavy atom. The fourth-order valence-electron chi connectivity index (χ4n) is 2.57. The van der Waals surface area contributed by atoms with E-state index in [1.54, 1.807) is 19.1 Å². The molecule has 0 spiro atoms. The molecular weight excluding hydrogens is 242 g/mol. The molecule has 1 amide bonds. The Balaban J connectivity index is 2.42. The van der Waals surface area contributed by atoms with Crippen molar-refractivity contribution in [3.05, 3.63) is 28.8 Å². The molecule has 4 heteroatoms. The van der Waals surface area contributed by atoms with Gasteiger partial charge in [0.1, 0.15) is 0 Å². The van der Waals surface area contributed by atoms with Crippen molar-refractivity contribution in [2.75, 3.05) is 11.9 Å². The average Bonchev–Trinajstić information content (AvgIpc) is 2.38. The van der Waals surface area contributed by atoms with Crippen LogP contribution >= 0.6 is 0 Å². The lowest BCUT2D eigenvalue weighted by atomic mass is 9.87. The standard InChI is InChI=1S/C15H19NO3/c1-3-19-15(18)13-8-9-14(16-10(2)17)12-7-5-4-6-11(12)13/h8-9H,3-7H2,1-2H3,(H,16,17). The van der Waals surface area contributed by atoms with E-state index in [4.69, 9.17) is 4.74 Å². The molecule has 0 atom stereocenters. The van der Waals surface area contributed by atoms with E-state index in [0.717, 1.165) is 42.5 Å². The van der Waals surface area contributed by atoms with Crippen LogP contribution in [0.15, 0.2) is 12.1 Å². The summed E-state index contributed by atoms with van der Waals surface area (Å²) in [5.41, 5.74) is 3.60. The molecule has 19 heavy (non-hydrogen) atoms. The molecule has 1 aromatic rings. The highest BCUT2D eigenvalue weighted by atomic mass is 16.5. The summed E-state index contributed by atoms with van der Waals surface area (Å²) in [5, 5.41) is 2.84. The smallest absolute Gasteiger partial charge is 0.338 e. The number of esters is 1. The third-order valence-corrected chi connectivity index (χ3v) is 3.34. The predicted molar refractivity (Wildman–Crippen MR) is 73.3 cm³/mol. The minimum absolute atomic E-state index is 0.0864. The predicted octanol–water partition coefficient (Wildman–Crippen LogP) is 2.70. The number of ether oxygens (including phenoxy) is 1. The first-order valence-electron chi connectivity index (χ1n) is 6.73. The lowest BCUT2D eigenvalue weighted by Gasteiger charge is -2.22. The molecule has 4 nitrogen and oxygen atoms in total. The maximum absolute atomic E-state index is 11.9. The second kappa shape index (κ2) is 5.87. The SMILES string of the molecule is CCOC(=O)c1ccc(NC(C)=O)c2c1CCCC2. The van der Waals surface area contributed by atoms with Crippen molar-refractivity contribution < 1.29 is 14.3 Å². The summed E-state index contributed by atoms with van der Waals surface area (Å²) < 4.78 is 5.09. The molecule has 0 radical (unpaired) electrons. The van der Waals surface area contributed by atoms with Gasteiger partial charge in [-0.25, -0.2) is 4.79 Å². The zero-order valence-electron chi connectivity index (χ0n) is 11.4. The molecule has 1 aliphatic carbocycles. The number of carbonyl (C=O) groups excluding carboxylic acids is 2. The Kier molecular flexibility index (Phi) is 4.20. The van der Waals surface area contributed by atoms with Crippen LogP contribution in [0.5, 0.6) is 0 Å². The van der Waals surface area contributed by atoms with Crippen LogP contribution in [-0.4, -0.2) is 18.5 Å². The molecule has 0 heterocycles. The summed E-state index contributed by atoms with van der Waals surface area (Å²) in [6, 6.07) is 3.56. The molecule has 0 unspecified atom stereocenters. The molecule has 0 aromatic heterocycles. The van der Waals surface area contributed by atoms with E-state index < -0.39 is 0 Å². The number of hydrogen-bond donors (Lipinski definition) is 1. The van der Waals surface area contributed by atoms with Crippen molar-refractivity contribution in [2.45, 2.75) is 39.5 Å². The first-order valence-corrected chi connectivity index (χ1v) is 6.73. The summed E-state index contributed by atoms with van der Waals surface area (Å²) >= 11 is 0. The maximum Gasteiger partial charge on any atom is 0.338 e. The third kappa shape index (κ3) is 2.95. The molecule has 0 saturated heterocycles. The van der Waals surface area contributed by atoms with Crippen molar-refractivity contribution in [1.82, 2.24) is 0 Å². The fourth-order valence-corrected chi connectivity index (χ4v) is 2.57. The highest BCUT2D eigenvalue weighted by Crippen LogP contribution is 2.31. The van der Waals surface area contributed by atoms with Crippen molar-refractivity contribution in [1.29, 1.82) is 0 Å². The van der Waals surface area contributed by atoms with Crippen LogP contribution in [-0.2, 0) is 22.4 Å². The number of fused-ring (bicyclic) bond motifs is 1. The van der Waals surface area contributed by atoms with Crippen LogP contribution in [0.1, 0.15) is 48.2 Å². The number of benzene rings is 1. The van der Waals surface area contributed by atoms with E-state index in [9.17, 15) is 9.59 Å². The lowest BCUT2D eigenvalue weighted by Crippen LogP contribution is -2.16. The quantitative estimate of drug-likeness (QED) is 0.851. The molecule has 1 aliphatic rings. The Bertz CT molecular complexity index is 508. The first kappa shape index (κ1) is 13.6. The van der Waals surface area contributed by atoms with Crippen LogP contribution < -0.4 is 5.32 Å². The van der Waals surface area contributed by atoms with Gasteiger partial charge in [-0.1, -0.05) is 0 Å². The number of anilines is 1. The van der Waals surface area contributed by atoms with Gasteiger partial charge in [0.05, 0.1) is 12.2 Å². The highest BCUT2D eigenvalue weighted by molar-refractivity contribution is 5.95. The van der Waals surface area contributed by atoms with Crippen LogP contribution in [0.3, 0.4) is 0 Å². The van der Waals surface area contributed by atoms with E-state index in [2.05, 4.69) is 5.32 Å². The minimum Gasteiger partial charge on any atom is -0.462 e. The van der Waals surface area contributed by atoms with Gasteiger partial charge < -0.3 is 10.1 Å². The Morgan fingerprint density at radius 2 is 1.89 bits per heavy atom. The molecule has 1 N–H and O–H groups in total. The molecule has 0 fully saturated rings. The summed E-state index contributed by atoms with van der Waals surface area (Å²) in [5.74, 6) is -0.355. The van der Waals surface area contributed by atoms with Crippen molar-refractivity contribution in [2.24, 2.45) is 0 Å². The zero-order chi connectivity index (χ0) is 13.8. The zero-order valence-corrected chi connectivity index (χ0v) is 11.4. The molecule has 0 saturated carbocycles. The molecule has 102 valence electrons. The van der Waals surface area contributed by atoms with Gasteiger partial charge in [-0.2, -0.15) is 0 Å². The van der Waals surface area contributed by atoms with Crippen LogP contribution in [0, 0.1) is 0 Å². The first-order chi connectivity index (χ1) is 9.13. The number of rotatable bonds is 3. The summed E-state index contributed by atoms with van der Waals surface area (Å²) in [6.45, 7) is 3.67. The van der Waals surface area contributed by atoms with Gasteiger partial charge in [0.2, 0.25) is 5.91 Å². The summed E-state index contributed by atoms with van der Waals surface area (Å²) in [4.78, 5) is 23.2. The van der Waals surface area contributed by atoms with Crippen LogP contribution in [0.25, 0.3) is 0 Å². The highest BCUT2D eigenvalue weighted by Gasteiger charge is 2.21. The second-order valence-corrected chi connectivity index (χ2v) is 4.73. The van der Waals surface area contributed by atoms with E-state index in [0.29, 0.717) is 12.2 Å². The van der Waals surface area contributed by atoms with E-state index in [-0.39, 0.29) is 11.9 Å². The minimum atomic E-state index is -0.268. The van der Waals surface area contributed by atoms with Crippen LogP contribution in [0.2, 0.25) is 0 Å². The normalized spacial score (nSPS) is 13.6. The lowest BCUT2D eigenvalue weighted by molar-refractivity contribution is -0.114. The van der Waals surface area contributed by atoms with Crippen LogP contribution in [0.4, 0.5) is 5.69 Å². The molecular formula is C15H19NO3. The second-order valence-electron chi connectivity index (χ2n) is 4.73. The topological polar surface area (TPSA) is 55.4 Å². The Morgan fingerprint density at radius 3 is 2.53 bits per heavy atom.